The highest BCUT2D eigenvalue weighted by molar-refractivity contribution is 7.90. The van der Waals surface area contributed by atoms with E-state index in [1.807, 2.05) is 0 Å². The lowest BCUT2D eigenvalue weighted by Crippen LogP contribution is -2.30. The highest BCUT2D eigenvalue weighted by Gasteiger charge is 2.23. The van der Waals surface area contributed by atoms with E-state index < -0.39 is 15.8 Å². The van der Waals surface area contributed by atoms with Crippen molar-refractivity contribution in [2.75, 3.05) is 25.7 Å². The summed E-state index contributed by atoms with van der Waals surface area (Å²) in [6.07, 6.45) is 3.44. The first kappa shape index (κ1) is 16.4. The van der Waals surface area contributed by atoms with Gasteiger partial charge >= 0.3 is 6.03 Å². The molecule has 1 aromatic rings. The lowest BCUT2D eigenvalue weighted by molar-refractivity contribution is 0.100. The molecule has 1 saturated carbocycles. The standard InChI is InChI=1S/C14H20N4O3S/c1-18(2)22(3,21)17-13(19)10-4-6-11(7-5-10)15-14(20)16-12-8-9-12/h4-7,12H,8-9H2,1-3H3,(H2,15,16,20)/t22-/m0/s1. The van der Waals surface area contributed by atoms with Crippen LogP contribution >= 0.6 is 0 Å². The summed E-state index contributed by atoms with van der Waals surface area (Å²) in [7, 11) is 0.501. The van der Waals surface area contributed by atoms with Crippen LogP contribution in [0.15, 0.2) is 28.6 Å². The minimum Gasteiger partial charge on any atom is -0.335 e. The molecule has 0 saturated heterocycles. The number of nitrogens with one attached hydrogen (secondary N) is 2. The number of anilines is 1. The van der Waals surface area contributed by atoms with Crippen LogP contribution in [0.1, 0.15) is 23.2 Å². The van der Waals surface area contributed by atoms with Crippen LogP contribution in [0.4, 0.5) is 10.5 Å². The molecule has 0 spiro atoms. The van der Waals surface area contributed by atoms with Crippen LogP contribution in [0.25, 0.3) is 0 Å². The van der Waals surface area contributed by atoms with Crippen LogP contribution in [-0.2, 0) is 9.92 Å². The van der Waals surface area contributed by atoms with Gasteiger partial charge in [0.05, 0.1) is 0 Å². The average molecular weight is 324 g/mol. The van der Waals surface area contributed by atoms with Gasteiger partial charge in [-0.15, -0.1) is 4.36 Å². The second-order valence-electron chi connectivity index (χ2n) is 5.42. The van der Waals surface area contributed by atoms with Gasteiger partial charge in [-0.2, -0.15) is 0 Å². The fraction of sp³-hybridized carbons (Fsp3) is 0.429. The molecule has 0 aliphatic heterocycles. The maximum atomic E-state index is 12.1. The van der Waals surface area contributed by atoms with Gasteiger partial charge in [0, 0.05) is 37.6 Å². The molecule has 22 heavy (non-hydrogen) atoms. The molecule has 0 bridgehead atoms. The fourth-order valence-corrected chi connectivity index (χ4v) is 2.14. The quantitative estimate of drug-likeness (QED) is 0.883. The third-order valence-electron chi connectivity index (χ3n) is 3.23. The Morgan fingerprint density at radius 2 is 1.82 bits per heavy atom. The van der Waals surface area contributed by atoms with E-state index in [1.165, 1.54) is 10.6 Å². The van der Waals surface area contributed by atoms with E-state index in [-0.39, 0.29) is 12.1 Å². The molecule has 0 heterocycles. The summed E-state index contributed by atoms with van der Waals surface area (Å²) in [5, 5.41) is 5.49. The van der Waals surface area contributed by atoms with Crippen molar-refractivity contribution in [2.24, 2.45) is 4.36 Å². The molecule has 2 N–H and O–H groups in total. The second-order valence-corrected chi connectivity index (χ2v) is 7.86. The zero-order valence-corrected chi connectivity index (χ0v) is 13.6. The lowest BCUT2D eigenvalue weighted by atomic mass is 10.2. The van der Waals surface area contributed by atoms with E-state index in [1.54, 1.807) is 38.4 Å². The number of hydrogen-bond donors (Lipinski definition) is 2. The summed E-state index contributed by atoms with van der Waals surface area (Å²) in [6, 6.07) is 6.34. The number of rotatable bonds is 4. The van der Waals surface area contributed by atoms with Crippen molar-refractivity contribution in [1.29, 1.82) is 0 Å². The predicted octanol–water partition coefficient (Wildman–Crippen LogP) is 1.69. The molecule has 120 valence electrons. The molecule has 0 unspecified atom stereocenters. The maximum Gasteiger partial charge on any atom is 0.319 e. The first-order valence-electron chi connectivity index (χ1n) is 6.89. The third-order valence-corrected chi connectivity index (χ3v) is 5.09. The Balaban J connectivity index is 2.03. The molecular formula is C14H20N4O3S. The number of hydrogen-bond acceptors (Lipinski definition) is 3. The van der Waals surface area contributed by atoms with Crippen molar-refractivity contribution in [3.63, 3.8) is 0 Å². The Hall–Kier alpha value is -1.93. The summed E-state index contributed by atoms with van der Waals surface area (Å²) in [4.78, 5) is 23.6. The van der Waals surface area contributed by atoms with Gasteiger partial charge < -0.3 is 10.6 Å². The minimum atomic E-state index is -2.70. The van der Waals surface area contributed by atoms with Crippen LogP contribution in [0, 0.1) is 0 Å². The topological polar surface area (TPSA) is 90.9 Å². The molecule has 1 aliphatic carbocycles. The van der Waals surface area contributed by atoms with Crippen molar-refractivity contribution in [1.82, 2.24) is 9.62 Å². The number of urea groups is 1. The van der Waals surface area contributed by atoms with Crippen molar-refractivity contribution in [2.45, 2.75) is 18.9 Å². The number of amides is 3. The Morgan fingerprint density at radius 3 is 2.32 bits per heavy atom. The van der Waals surface area contributed by atoms with Gasteiger partial charge in [-0.1, -0.05) is 0 Å². The Morgan fingerprint density at radius 1 is 1.23 bits per heavy atom. The van der Waals surface area contributed by atoms with Crippen LogP contribution in [0.3, 0.4) is 0 Å². The summed E-state index contributed by atoms with van der Waals surface area (Å²) >= 11 is 0. The van der Waals surface area contributed by atoms with Crippen LogP contribution < -0.4 is 10.6 Å². The molecule has 0 radical (unpaired) electrons. The minimum absolute atomic E-state index is 0.254. The normalized spacial score (nSPS) is 16.7. The van der Waals surface area contributed by atoms with Crippen LogP contribution in [0.5, 0.6) is 0 Å². The highest BCUT2D eigenvalue weighted by atomic mass is 32.2. The first-order chi connectivity index (χ1) is 10.3. The van der Waals surface area contributed by atoms with E-state index in [0.29, 0.717) is 11.3 Å². The Bertz CT molecular complexity index is 687. The predicted molar refractivity (Wildman–Crippen MR) is 86.1 cm³/mol. The van der Waals surface area contributed by atoms with Crippen molar-refractivity contribution >= 4 is 27.5 Å². The van der Waals surface area contributed by atoms with Gasteiger partial charge in [-0.05, 0) is 37.1 Å². The summed E-state index contributed by atoms with van der Waals surface area (Å²) in [5.74, 6) is -0.546. The van der Waals surface area contributed by atoms with Gasteiger partial charge in [0.1, 0.15) is 9.92 Å². The van der Waals surface area contributed by atoms with Gasteiger partial charge in [-0.3, -0.25) is 4.79 Å². The Labute approximate surface area is 130 Å². The Kier molecular flexibility index (Phi) is 4.82. The smallest absolute Gasteiger partial charge is 0.319 e. The number of nitrogens with zero attached hydrogens (tertiary/aromatic N) is 2. The number of carbonyl (C=O) groups excluding carboxylic acids is 2. The third kappa shape index (κ3) is 4.54. The molecule has 1 aromatic carbocycles. The first-order valence-corrected chi connectivity index (χ1v) is 8.77. The largest absolute Gasteiger partial charge is 0.335 e. The molecule has 2 rings (SSSR count). The average Bonchev–Trinajstić information content (AvgIpc) is 3.22. The van der Waals surface area contributed by atoms with Crippen LogP contribution in [-0.4, -0.2) is 46.8 Å². The summed E-state index contributed by atoms with van der Waals surface area (Å²) < 4.78 is 17.2. The van der Waals surface area contributed by atoms with E-state index in [0.717, 1.165) is 12.8 Å². The van der Waals surface area contributed by atoms with Gasteiger partial charge in [-0.25, -0.2) is 13.3 Å². The van der Waals surface area contributed by atoms with E-state index in [4.69, 9.17) is 0 Å². The van der Waals surface area contributed by atoms with Crippen molar-refractivity contribution in [3.8, 4) is 0 Å². The van der Waals surface area contributed by atoms with Gasteiger partial charge in [0.25, 0.3) is 5.91 Å². The molecule has 0 aromatic heterocycles. The second kappa shape index (κ2) is 6.45. The van der Waals surface area contributed by atoms with E-state index >= 15 is 0 Å². The molecule has 7 nitrogen and oxygen atoms in total. The molecular weight excluding hydrogens is 304 g/mol. The van der Waals surface area contributed by atoms with Crippen molar-refractivity contribution < 1.29 is 13.8 Å². The number of benzene rings is 1. The SMILES string of the molecule is CN(C)[S@@](C)(=O)=NC(=O)c1ccc(NC(=O)NC2CC2)cc1. The summed E-state index contributed by atoms with van der Waals surface area (Å²) in [6.45, 7) is 0. The molecule has 8 heteroatoms. The van der Waals surface area contributed by atoms with Crippen molar-refractivity contribution in [3.05, 3.63) is 29.8 Å². The zero-order valence-electron chi connectivity index (χ0n) is 12.8. The molecule has 1 fully saturated rings. The van der Waals surface area contributed by atoms with Gasteiger partial charge in [0.2, 0.25) is 0 Å². The number of carbonyl (C=O) groups is 2. The van der Waals surface area contributed by atoms with E-state index in [2.05, 4.69) is 15.0 Å². The fourth-order valence-electron chi connectivity index (χ4n) is 1.56. The lowest BCUT2D eigenvalue weighted by Gasteiger charge is -2.11. The summed E-state index contributed by atoms with van der Waals surface area (Å²) in [5.41, 5.74) is 0.907. The molecule has 3 amide bonds. The molecule has 1 aliphatic rings. The van der Waals surface area contributed by atoms with Crippen LogP contribution in [0.2, 0.25) is 0 Å². The maximum absolute atomic E-state index is 12.1. The monoisotopic (exact) mass is 324 g/mol. The van der Waals surface area contributed by atoms with Gasteiger partial charge in [0.15, 0.2) is 0 Å². The van der Waals surface area contributed by atoms with E-state index in [9.17, 15) is 13.8 Å². The highest BCUT2D eigenvalue weighted by Crippen LogP contribution is 2.19. The zero-order chi connectivity index (χ0) is 16.3. The molecule has 1 atom stereocenters.